The summed E-state index contributed by atoms with van der Waals surface area (Å²) in [5, 5.41) is 2.73. The summed E-state index contributed by atoms with van der Waals surface area (Å²) in [6, 6.07) is 2.48. The molecule has 7 nitrogen and oxygen atoms in total. The van der Waals surface area contributed by atoms with Crippen LogP contribution < -0.4 is 5.32 Å². The summed E-state index contributed by atoms with van der Waals surface area (Å²) in [5.41, 5.74) is 0.404. The van der Waals surface area contributed by atoms with E-state index in [4.69, 9.17) is 4.74 Å². The van der Waals surface area contributed by atoms with Gasteiger partial charge >= 0.3 is 5.97 Å². The molecule has 1 aliphatic heterocycles. The predicted molar refractivity (Wildman–Crippen MR) is 119 cm³/mol. The Morgan fingerprint density at radius 3 is 2.42 bits per heavy atom. The summed E-state index contributed by atoms with van der Waals surface area (Å²) in [7, 11) is 0. The summed E-state index contributed by atoms with van der Waals surface area (Å²) in [5.74, 6) is -1.06. The van der Waals surface area contributed by atoms with Gasteiger partial charge in [0.15, 0.2) is 0 Å². The molecular formula is C24H37N3O4. The highest BCUT2D eigenvalue weighted by Gasteiger charge is 2.35. The highest BCUT2D eigenvalue weighted by atomic mass is 16.5. The normalized spacial score (nSPS) is 16.1. The summed E-state index contributed by atoms with van der Waals surface area (Å²) >= 11 is 0. The zero-order chi connectivity index (χ0) is 22.3. The number of nitrogens with zero attached hydrogens (tertiary/aromatic N) is 2. The number of rotatable bonds is 14. The largest absolute Gasteiger partial charge is 0.466 e. The van der Waals surface area contributed by atoms with E-state index >= 15 is 0 Å². The van der Waals surface area contributed by atoms with Gasteiger partial charge in [0.2, 0.25) is 5.91 Å². The molecular weight excluding hydrogens is 394 g/mol. The Bertz CT molecular complexity index is 681. The number of ether oxygens (including phenoxy) is 1. The van der Waals surface area contributed by atoms with Crippen molar-refractivity contribution in [2.75, 3.05) is 19.7 Å². The highest BCUT2D eigenvalue weighted by Crippen LogP contribution is 2.15. The second-order valence-corrected chi connectivity index (χ2v) is 8.15. The van der Waals surface area contributed by atoms with E-state index in [0.717, 1.165) is 19.3 Å². The first kappa shape index (κ1) is 24.8. The van der Waals surface area contributed by atoms with Crippen molar-refractivity contribution >= 4 is 17.8 Å². The maximum absolute atomic E-state index is 12.8. The predicted octanol–water partition coefficient (Wildman–Crippen LogP) is 3.88. The number of unbranched alkanes of at least 4 members (excludes halogenated alkanes) is 9. The number of esters is 1. The molecule has 1 atom stereocenters. The summed E-state index contributed by atoms with van der Waals surface area (Å²) < 4.78 is 5.33. The van der Waals surface area contributed by atoms with Crippen LogP contribution in [-0.2, 0) is 14.3 Å². The van der Waals surface area contributed by atoms with Crippen molar-refractivity contribution in [1.82, 2.24) is 15.2 Å². The van der Waals surface area contributed by atoms with Crippen LogP contribution in [0.3, 0.4) is 0 Å². The van der Waals surface area contributed by atoms with Gasteiger partial charge in [-0.15, -0.1) is 0 Å². The van der Waals surface area contributed by atoms with Crippen LogP contribution in [0.25, 0.3) is 0 Å². The van der Waals surface area contributed by atoms with E-state index in [1.807, 2.05) is 0 Å². The molecule has 2 rings (SSSR count). The van der Waals surface area contributed by atoms with Crippen molar-refractivity contribution in [3.8, 4) is 0 Å². The maximum atomic E-state index is 12.8. The standard InChI is InChI=1S/C24H37N3O4/c1-2-3-4-5-6-7-8-9-10-11-17-31-22(28)18-21-23(29)26-15-16-27(21)24(30)20-13-12-14-25-19-20/h12-14,19,21H,2-11,15-18H2,1H3,(H,26,29). The molecule has 31 heavy (non-hydrogen) atoms. The number of aromatic nitrogens is 1. The fraction of sp³-hybridized carbons (Fsp3) is 0.667. The third kappa shape index (κ3) is 9.07. The molecule has 1 unspecified atom stereocenters. The lowest BCUT2D eigenvalue weighted by molar-refractivity contribution is -0.147. The topological polar surface area (TPSA) is 88.6 Å². The summed E-state index contributed by atoms with van der Waals surface area (Å²) in [6.07, 6.45) is 15.1. The van der Waals surface area contributed by atoms with Crippen molar-refractivity contribution in [3.63, 3.8) is 0 Å². The molecule has 172 valence electrons. The minimum Gasteiger partial charge on any atom is -0.466 e. The molecule has 0 spiro atoms. The van der Waals surface area contributed by atoms with E-state index in [2.05, 4.69) is 17.2 Å². The van der Waals surface area contributed by atoms with Crippen LogP contribution in [0.1, 0.15) is 87.9 Å². The minimum absolute atomic E-state index is 0.129. The maximum Gasteiger partial charge on any atom is 0.308 e. The molecule has 0 saturated carbocycles. The molecule has 0 aliphatic carbocycles. The Balaban J connectivity index is 1.65. The molecule has 0 aromatic carbocycles. The van der Waals surface area contributed by atoms with Crippen LogP contribution in [0.15, 0.2) is 24.5 Å². The zero-order valence-electron chi connectivity index (χ0n) is 18.8. The quantitative estimate of drug-likeness (QED) is 0.357. The molecule has 2 amide bonds. The molecule has 1 aromatic heterocycles. The van der Waals surface area contributed by atoms with Crippen molar-refractivity contribution in [3.05, 3.63) is 30.1 Å². The van der Waals surface area contributed by atoms with Gasteiger partial charge in [0, 0.05) is 25.5 Å². The van der Waals surface area contributed by atoms with E-state index in [1.54, 1.807) is 18.3 Å². The minimum atomic E-state index is -0.846. The number of amides is 2. The van der Waals surface area contributed by atoms with Gasteiger partial charge < -0.3 is 15.0 Å². The van der Waals surface area contributed by atoms with E-state index in [-0.39, 0.29) is 18.2 Å². The van der Waals surface area contributed by atoms with E-state index in [9.17, 15) is 14.4 Å². The van der Waals surface area contributed by atoms with Gasteiger partial charge in [-0.1, -0.05) is 64.7 Å². The number of nitrogens with one attached hydrogen (secondary N) is 1. The fourth-order valence-corrected chi connectivity index (χ4v) is 3.81. The third-order valence-corrected chi connectivity index (χ3v) is 5.62. The van der Waals surface area contributed by atoms with Gasteiger partial charge in [0.25, 0.3) is 5.91 Å². The Morgan fingerprint density at radius 1 is 1.10 bits per heavy atom. The SMILES string of the molecule is CCCCCCCCCCCCOC(=O)CC1C(=O)NCCN1C(=O)c1cccnc1. The number of pyridine rings is 1. The lowest BCUT2D eigenvalue weighted by Gasteiger charge is -2.34. The molecule has 1 N–H and O–H groups in total. The van der Waals surface area contributed by atoms with Gasteiger partial charge in [-0.3, -0.25) is 19.4 Å². The first-order valence-electron chi connectivity index (χ1n) is 11.8. The second-order valence-electron chi connectivity index (χ2n) is 8.15. The molecule has 1 aromatic rings. The molecule has 2 heterocycles. The van der Waals surface area contributed by atoms with Gasteiger partial charge in [-0.2, -0.15) is 0 Å². The van der Waals surface area contributed by atoms with Gasteiger partial charge in [-0.25, -0.2) is 0 Å². The first-order valence-corrected chi connectivity index (χ1v) is 11.8. The molecule has 0 radical (unpaired) electrons. The number of carbonyl (C=O) groups excluding carboxylic acids is 3. The molecule has 1 saturated heterocycles. The third-order valence-electron chi connectivity index (χ3n) is 5.62. The van der Waals surface area contributed by atoms with Gasteiger partial charge in [0.05, 0.1) is 18.6 Å². The van der Waals surface area contributed by atoms with Crippen molar-refractivity contribution in [2.45, 2.75) is 83.6 Å². The molecule has 0 bridgehead atoms. The van der Waals surface area contributed by atoms with Gasteiger partial charge in [0.1, 0.15) is 6.04 Å². The van der Waals surface area contributed by atoms with E-state index in [1.165, 1.54) is 56.0 Å². The summed E-state index contributed by atoms with van der Waals surface area (Å²) in [6.45, 7) is 3.32. The lowest BCUT2D eigenvalue weighted by atomic mass is 10.1. The number of piperazine rings is 1. The zero-order valence-corrected chi connectivity index (χ0v) is 18.8. The van der Waals surface area contributed by atoms with Crippen LogP contribution in [0.5, 0.6) is 0 Å². The average molecular weight is 432 g/mol. The van der Waals surface area contributed by atoms with Crippen molar-refractivity contribution in [1.29, 1.82) is 0 Å². The molecule has 7 heteroatoms. The molecule has 1 fully saturated rings. The fourth-order valence-electron chi connectivity index (χ4n) is 3.81. The van der Waals surface area contributed by atoms with E-state index < -0.39 is 12.0 Å². The first-order chi connectivity index (χ1) is 15.1. The highest BCUT2D eigenvalue weighted by molar-refractivity contribution is 5.99. The number of hydrogen-bond acceptors (Lipinski definition) is 5. The Kier molecular flexibility index (Phi) is 11.6. The lowest BCUT2D eigenvalue weighted by Crippen LogP contribution is -2.57. The average Bonchev–Trinajstić information content (AvgIpc) is 2.79. The van der Waals surface area contributed by atoms with Gasteiger partial charge in [-0.05, 0) is 18.6 Å². The molecule has 1 aliphatic rings. The van der Waals surface area contributed by atoms with Crippen LogP contribution >= 0.6 is 0 Å². The Hall–Kier alpha value is -2.44. The monoisotopic (exact) mass is 431 g/mol. The van der Waals surface area contributed by atoms with Crippen LogP contribution in [-0.4, -0.2) is 53.4 Å². The smallest absolute Gasteiger partial charge is 0.308 e. The number of hydrogen-bond donors (Lipinski definition) is 1. The van der Waals surface area contributed by atoms with Crippen LogP contribution in [0.2, 0.25) is 0 Å². The van der Waals surface area contributed by atoms with E-state index in [0.29, 0.717) is 25.3 Å². The van der Waals surface area contributed by atoms with Crippen molar-refractivity contribution < 1.29 is 19.1 Å². The Morgan fingerprint density at radius 2 is 1.77 bits per heavy atom. The van der Waals surface area contributed by atoms with Crippen LogP contribution in [0.4, 0.5) is 0 Å². The van der Waals surface area contributed by atoms with Crippen molar-refractivity contribution in [2.24, 2.45) is 0 Å². The Labute approximate surface area is 185 Å². The second kappa shape index (κ2) is 14.5. The summed E-state index contributed by atoms with van der Waals surface area (Å²) in [4.78, 5) is 42.7. The van der Waals surface area contributed by atoms with Crippen LogP contribution in [0, 0.1) is 0 Å². The number of carbonyl (C=O) groups is 3.